The first-order chi connectivity index (χ1) is 9.26. The van der Waals surface area contributed by atoms with E-state index < -0.39 is 5.97 Å². The summed E-state index contributed by atoms with van der Waals surface area (Å²) in [6, 6.07) is 3.94. The van der Waals surface area contributed by atoms with E-state index in [1.54, 1.807) is 12.1 Å². The summed E-state index contributed by atoms with van der Waals surface area (Å²) in [7, 11) is 0. The van der Waals surface area contributed by atoms with Crippen LogP contribution in [0.1, 0.15) is 56.3 Å². The van der Waals surface area contributed by atoms with Gasteiger partial charge in [-0.05, 0) is 42.2 Å². The van der Waals surface area contributed by atoms with Crippen LogP contribution in [-0.4, -0.2) is 28.6 Å². The van der Waals surface area contributed by atoms with Crippen molar-refractivity contribution in [2.24, 2.45) is 10.8 Å². The third-order valence-corrected chi connectivity index (χ3v) is 4.75. The van der Waals surface area contributed by atoms with E-state index in [0.29, 0.717) is 16.9 Å². The summed E-state index contributed by atoms with van der Waals surface area (Å²) in [5.41, 5.74) is 0.802. The highest BCUT2D eigenvalue weighted by molar-refractivity contribution is 5.84. The summed E-state index contributed by atoms with van der Waals surface area (Å²) in [6.07, 6.45) is 3.74. The van der Waals surface area contributed by atoms with Crippen molar-refractivity contribution in [3.8, 4) is 0 Å². The van der Waals surface area contributed by atoms with E-state index in [-0.39, 0.29) is 5.76 Å². The minimum atomic E-state index is -0.996. The van der Waals surface area contributed by atoms with Crippen molar-refractivity contribution in [1.82, 2.24) is 4.90 Å². The zero-order chi connectivity index (χ0) is 14.5. The molecular weight excluding hydrogens is 254 g/mol. The van der Waals surface area contributed by atoms with Crippen LogP contribution in [0.3, 0.4) is 0 Å². The van der Waals surface area contributed by atoms with Crippen molar-refractivity contribution < 1.29 is 14.3 Å². The first-order valence-corrected chi connectivity index (χ1v) is 7.33. The summed E-state index contributed by atoms with van der Waals surface area (Å²) in [4.78, 5) is 13.3. The van der Waals surface area contributed by atoms with E-state index in [1.165, 1.54) is 19.3 Å². The van der Waals surface area contributed by atoms with Gasteiger partial charge in [0.1, 0.15) is 5.76 Å². The topological polar surface area (TPSA) is 53.7 Å². The minimum Gasteiger partial charge on any atom is -0.475 e. The Morgan fingerprint density at radius 1 is 1.40 bits per heavy atom. The maximum Gasteiger partial charge on any atom is 0.371 e. The lowest BCUT2D eigenvalue weighted by molar-refractivity contribution is 0.0657. The molecule has 0 radical (unpaired) electrons. The van der Waals surface area contributed by atoms with Crippen molar-refractivity contribution in [2.75, 3.05) is 6.54 Å². The lowest BCUT2D eigenvalue weighted by atomic mass is 9.65. The average molecular weight is 277 g/mol. The molecule has 1 aliphatic heterocycles. The minimum absolute atomic E-state index is 0.0358. The number of nitrogens with zero attached hydrogens (tertiary/aromatic N) is 1. The molecule has 1 aromatic rings. The molecule has 2 fully saturated rings. The van der Waals surface area contributed by atoms with Gasteiger partial charge in [0.05, 0.1) is 6.54 Å². The number of fused-ring (bicyclic) bond motifs is 2. The van der Waals surface area contributed by atoms with E-state index in [0.717, 1.165) is 18.8 Å². The second-order valence-corrected chi connectivity index (χ2v) is 7.69. The maximum absolute atomic E-state index is 10.9. The number of aromatic carboxylic acids is 1. The number of carbonyl (C=O) groups is 1. The Bertz CT molecular complexity index is 534. The van der Waals surface area contributed by atoms with Gasteiger partial charge in [-0.2, -0.15) is 0 Å². The monoisotopic (exact) mass is 277 g/mol. The molecule has 2 unspecified atom stereocenters. The van der Waals surface area contributed by atoms with Crippen molar-refractivity contribution in [1.29, 1.82) is 0 Å². The first-order valence-electron chi connectivity index (χ1n) is 7.33. The van der Waals surface area contributed by atoms with Crippen LogP contribution in [0.5, 0.6) is 0 Å². The number of carboxylic acid groups (broad SMARTS) is 1. The normalized spacial score (nSPS) is 32.5. The number of rotatable bonds is 3. The number of hydrogen-bond donors (Lipinski definition) is 1. The molecule has 2 bridgehead atoms. The highest BCUT2D eigenvalue weighted by Crippen LogP contribution is 2.52. The average Bonchev–Trinajstić information content (AvgIpc) is 2.81. The van der Waals surface area contributed by atoms with Gasteiger partial charge in [0.25, 0.3) is 0 Å². The SMILES string of the molecule is CC1(C)CC2CC(C)(CN2Cc2ccc(C(=O)O)o2)C1. The van der Waals surface area contributed by atoms with Crippen LogP contribution in [-0.2, 0) is 6.54 Å². The molecule has 4 heteroatoms. The van der Waals surface area contributed by atoms with Crippen LogP contribution in [0.15, 0.2) is 16.5 Å². The van der Waals surface area contributed by atoms with Crippen molar-refractivity contribution in [3.05, 3.63) is 23.7 Å². The Hall–Kier alpha value is -1.29. The standard InChI is InChI=1S/C16H23NO3/c1-15(2)6-11-7-16(3,9-15)10-17(11)8-12-4-5-13(20-12)14(18)19/h4-5,11H,6-10H2,1-3H3,(H,18,19). The van der Waals surface area contributed by atoms with Gasteiger partial charge in [-0.1, -0.05) is 20.8 Å². The highest BCUT2D eigenvalue weighted by atomic mass is 16.4. The molecule has 0 amide bonds. The van der Waals surface area contributed by atoms with Gasteiger partial charge in [0.2, 0.25) is 5.76 Å². The fourth-order valence-electron chi connectivity index (χ4n) is 4.54. The van der Waals surface area contributed by atoms with Gasteiger partial charge in [-0.25, -0.2) is 4.79 Å². The van der Waals surface area contributed by atoms with Gasteiger partial charge in [0.15, 0.2) is 0 Å². The third-order valence-electron chi connectivity index (χ3n) is 4.75. The molecule has 0 spiro atoms. The van der Waals surface area contributed by atoms with Crippen molar-refractivity contribution in [2.45, 2.75) is 52.6 Å². The number of likely N-dealkylation sites (tertiary alicyclic amines) is 1. The molecule has 3 rings (SSSR count). The third kappa shape index (κ3) is 2.49. The summed E-state index contributed by atoms with van der Waals surface area (Å²) in [5.74, 6) is -0.199. The number of hydrogen-bond acceptors (Lipinski definition) is 3. The first kappa shape index (κ1) is 13.7. The Morgan fingerprint density at radius 2 is 2.15 bits per heavy atom. The van der Waals surface area contributed by atoms with Crippen LogP contribution >= 0.6 is 0 Å². The molecule has 20 heavy (non-hydrogen) atoms. The van der Waals surface area contributed by atoms with Crippen LogP contribution in [0, 0.1) is 10.8 Å². The van der Waals surface area contributed by atoms with Crippen LogP contribution in [0.4, 0.5) is 0 Å². The predicted molar refractivity (Wildman–Crippen MR) is 75.6 cm³/mol. The van der Waals surface area contributed by atoms with Crippen LogP contribution < -0.4 is 0 Å². The predicted octanol–water partition coefficient (Wildman–Crippen LogP) is 3.38. The molecular formula is C16H23NO3. The lowest BCUT2D eigenvalue weighted by Crippen LogP contribution is -2.34. The Morgan fingerprint density at radius 3 is 2.80 bits per heavy atom. The summed E-state index contributed by atoms with van der Waals surface area (Å²) < 4.78 is 5.40. The van der Waals surface area contributed by atoms with Crippen LogP contribution in [0.25, 0.3) is 0 Å². The summed E-state index contributed by atoms with van der Waals surface area (Å²) >= 11 is 0. The molecule has 1 aromatic heterocycles. The molecule has 110 valence electrons. The highest BCUT2D eigenvalue weighted by Gasteiger charge is 2.49. The van der Waals surface area contributed by atoms with E-state index in [9.17, 15) is 4.79 Å². The lowest BCUT2D eigenvalue weighted by Gasteiger charge is -2.39. The summed E-state index contributed by atoms with van der Waals surface area (Å²) in [6.45, 7) is 8.91. The molecule has 1 saturated carbocycles. The molecule has 2 atom stereocenters. The Labute approximate surface area is 119 Å². The van der Waals surface area contributed by atoms with E-state index in [2.05, 4.69) is 25.7 Å². The van der Waals surface area contributed by atoms with Gasteiger partial charge in [0, 0.05) is 12.6 Å². The number of carboxylic acids is 1. The molecule has 1 N–H and O–H groups in total. The Balaban J connectivity index is 1.74. The largest absolute Gasteiger partial charge is 0.475 e. The second-order valence-electron chi connectivity index (χ2n) is 7.69. The maximum atomic E-state index is 10.9. The molecule has 2 aliphatic rings. The summed E-state index contributed by atoms with van der Waals surface area (Å²) in [5, 5.41) is 8.91. The van der Waals surface area contributed by atoms with Gasteiger partial charge >= 0.3 is 5.97 Å². The zero-order valence-corrected chi connectivity index (χ0v) is 12.5. The van der Waals surface area contributed by atoms with Gasteiger partial charge in [-0.3, -0.25) is 4.90 Å². The van der Waals surface area contributed by atoms with E-state index >= 15 is 0 Å². The van der Waals surface area contributed by atoms with E-state index in [1.807, 2.05) is 0 Å². The van der Waals surface area contributed by atoms with Crippen molar-refractivity contribution in [3.63, 3.8) is 0 Å². The molecule has 4 nitrogen and oxygen atoms in total. The molecule has 2 heterocycles. The fourth-order valence-corrected chi connectivity index (χ4v) is 4.54. The quantitative estimate of drug-likeness (QED) is 0.920. The molecule has 1 saturated heterocycles. The molecule has 0 aromatic carbocycles. The second kappa shape index (κ2) is 4.35. The Kier molecular flexibility index (Phi) is 2.98. The van der Waals surface area contributed by atoms with Gasteiger partial charge in [-0.15, -0.1) is 0 Å². The zero-order valence-electron chi connectivity index (χ0n) is 12.5. The number of furan rings is 1. The van der Waals surface area contributed by atoms with Crippen molar-refractivity contribution >= 4 is 5.97 Å². The smallest absolute Gasteiger partial charge is 0.371 e. The molecule has 1 aliphatic carbocycles. The van der Waals surface area contributed by atoms with Gasteiger partial charge < -0.3 is 9.52 Å². The van der Waals surface area contributed by atoms with Crippen LogP contribution in [0.2, 0.25) is 0 Å². The van der Waals surface area contributed by atoms with E-state index in [4.69, 9.17) is 9.52 Å². The fraction of sp³-hybridized carbons (Fsp3) is 0.688.